The molecule has 0 fully saturated rings. The minimum atomic E-state index is -0.484. The molecule has 2 unspecified atom stereocenters. The smallest absolute Gasteiger partial charge is 0.252 e. The number of carbonyl (C=O) groups excluding carboxylic acids is 1. The molecule has 0 aliphatic rings. The summed E-state index contributed by atoms with van der Waals surface area (Å²) < 4.78 is 13.0. The van der Waals surface area contributed by atoms with Gasteiger partial charge in [-0.15, -0.1) is 0 Å². The summed E-state index contributed by atoms with van der Waals surface area (Å²) in [5.74, 6) is -0.858. The average molecular weight is 336 g/mol. The predicted octanol–water partition coefficient (Wildman–Crippen LogP) is 3.76. The van der Waals surface area contributed by atoms with Gasteiger partial charge in [-0.3, -0.25) is 4.79 Å². The van der Waals surface area contributed by atoms with E-state index in [4.69, 9.17) is 11.6 Å². The second-order valence-electron chi connectivity index (χ2n) is 5.53. The lowest BCUT2D eigenvalue weighted by Crippen LogP contribution is -2.30. The Labute approximate surface area is 140 Å². The van der Waals surface area contributed by atoms with Gasteiger partial charge in [0.15, 0.2) is 0 Å². The van der Waals surface area contributed by atoms with Gasteiger partial charge in [-0.25, -0.2) is 4.39 Å². The molecule has 2 N–H and O–H groups in total. The summed E-state index contributed by atoms with van der Waals surface area (Å²) in [5.41, 5.74) is 1.27. The van der Waals surface area contributed by atoms with Gasteiger partial charge in [0.05, 0.1) is 16.7 Å². The Morgan fingerprint density at radius 1 is 1.26 bits per heavy atom. The van der Waals surface area contributed by atoms with Crippen molar-refractivity contribution in [3.63, 3.8) is 0 Å². The van der Waals surface area contributed by atoms with Crippen LogP contribution in [-0.2, 0) is 0 Å². The molecule has 0 spiro atoms. The number of carbonyl (C=O) groups is 1. The molecule has 1 amide bonds. The van der Waals surface area contributed by atoms with E-state index in [0.29, 0.717) is 13.0 Å². The zero-order valence-electron chi connectivity index (χ0n) is 12.8. The Bertz CT molecular complexity index is 661. The van der Waals surface area contributed by atoms with Crippen molar-refractivity contribution in [2.45, 2.75) is 25.4 Å². The number of hydrogen-bond acceptors (Lipinski definition) is 2. The van der Waals surface area contributed by atoms with Crippen LogP contribution >= 0.6 is 11.6 Å². The molecule has 2 aromatic carbocycles. The summed E-state index contributed by atoms with van der Waals surface area (Å²) in [6, 6.07) is 13.4. The highest BCUT2D eigenvalue weighted by molar-refractivity contribution is 6.33. The highest BCUT2D eigenvalue weighted by atomic mass is 35.5. The molecule has 0 saturated carbocycles. The molecule has 0 aliphatic carbocycles. The number of aliphatic hydroxyl groups excluding tert-OH is 1. The Balaban J connectivity index is 2.07. The summed E-state index contributed by atoms with van der Waals surface area (Å²) in [6.45, 7) is 2.08. The monoisotopic (exact) mass is 335 g/mol. The van der Waals surface area contributed by atoms with E-state index in [1.165, 1.54) is 12.1 Å². The van der Waals surface area contributed by atoms with E-state index >= 15 is 0 Å². The maximum Gasteiger partial charge on any atom is 0.252 e. The molecular weight excluding hydrogens is 317 g/mol. The fraction of sp³-hybridized carbons (Fsp3) is 0.278. The Morgan fingerprint density at radius 3 is 2.57 bits per heavy atom. The standard InChI is InChI=1S/C18H19ClFNO2/c1-12(22)9-14(13-5-3-2-4-6-13)11-21-18(23)16-8-7-15(20)10-17(16)19/h2-8,10,12,14,22H,9,11H2,1H3,(H,21,23). The van der Waals surface area contributed by atoms with Crippen LogP contribution in [0.4, 0.5) is 4.39 Å². The maximum absolute atomic E-state index is 13.0. The molecule has 122 valence electrons. The largest absolute Gasteiger partial charge is 0.393 e. The number of amides is 1. The van der Waals surface area contributed by atoms with E-state index < -0.39 is 11.9 Å². The maximum atomic E-state index is 13.0. The van der Waals surface area contributed by atoms with Gasteiger partial charge in [-0.1, -0.05) is 41.9 Å². The van der Waals surface area contributed by atoms with Gasteiger partial charge >= 0.3 is 0 Å². The van der Waals surface area contributed by atoms with Crippen LogP contribution in [0.1, 0.15) is 35.2 Å². The van der Waals surface area contributed by atoms with Crippen molar-refractivity contribution in [2.24, 2.45) is 0 Å². The second kappa shape index (κ2) is 8.09. The van der Waals surface area contributed by atoms with Gasteiger partial charge < -0.3 is 10.4 Å². The first-order valence-corrected chi connectivity index (χ1v) is 7.81. The fourth-order valence-corrected chi connectivity index (χ4v) is 2.71. The third kappa shape index (κ3) is 5.05. The minimum absolute atomic E-state index is 0.0145. The lowest BCUT2D eigenvalue weighted by atomic mass is 9.93. The molecule has 0 saturated heterocycles. The van der Waals surface area contributed by atoms with Crippen molar-refractivity contribution >= 4 is 17.5 Å². The highest BCUT2D eigenvalue weighted by Gasteiger charge is 2.17. The van der Waals surface area contributed by atoms with E-state index in [-0.39, 0.29) is 22.4 Å². The van der Waals surface area contributed by atoms with Crippen LogP contribution in [0.2, 0.25) is 5.02 Å². The zero-order valence-corrected chi connectivity index (χ0v) is 13.6. The van der Waals surface area contributed by atoms with Crippen LogP contribution in [-0.4, -0.2) is 23.7 Å². The number of hydrogen-bond donors (Lipinski definition) is 2. The number of nitrogens with one attached hydrogen (secondary N) is 1. The van der Waals surface area contributed by atoms with Crippen LogP contribution in [0.15, 0.2) is 48.5 Å². The van der Waals surface area contributed by atoms with E-state index in [1.807, 2.05) is 30.3 Å². The van der Waals surface area contributed by atoms with Crippen molar-refractivity contribution < 1.29 is 14.3 Å². The van der Waals surface area contributed by atoms with Crippen molar-refractivity contribution in [3.05, 3.63) is 70.5 Å². The van der Waals surface area contributed by atoms with Crippen LogP contribution < -0.4 is 5.32 Å². The molecular formula is C18H19ClFNO2. The molecule has 2 aromatic rings. The molecule has 5 heteroatoms. The average Bonchev–Trinajstić information content (AvgIpc) is 2.51. The van der Waals surface area contributed by atoms with Crippen LogP contribution in [0.25, 0.3) is 0 Å². The molecule has 2 rings (SSSR count). The predicted molar refractivity (Wildman–Crippen MR) is 89.2 cm³/mol. The topological polar surface area (TPSA) is 49.3 Å². The minimum Gasteiger partial charge on any atom is -0.393 e. The van der Waals surface area contributed by atoms with Crippen molar-refractivity contribution in [1.29, 1.82) is 0 Å². The Kier molecular flexibility index (Phi) is 6.13. The Morgan fingerprint density at radius 2 is 1.96 bits per heavy atom. The van der Waals surface area contributed by atoms with Crippen LogP contribution in [0.5, 0.6) is 0 Å². The van der Waals surface area contributed by atoms with Crippen LogP contribution in [0, 0.1) is 5.82 Å². The third-order valence-corrected chi connectivity index (χ3v) is 3.89. The van der Waals surface area contributed by atoms with E-state index in [9.17, 15) is 14.3 Å². The fourth-order valence-electron chi connectivity index (χ4n) is 2.46. The number of halogens is 2. The first kappa shape index (κ1) is 17.4. The summed E-state index contributed by atoms with van der Waals surface area (Å²) in [7, 11) is 0. The first-order valence-electron chi connectivity index (χ1n) is 7.43. The van der Waals surface area contributed by atoms with Gasteiger partial charge in [0.1, 0.15) is 5.82 Å². The zero-order chi connectivity index (χ0) is 16.8. The normalized spacial score (nSPS) is 13.4. The number of rotatable bonds is 6. The van der Waals surface area contributed by atoms with Crippen LogP contribution in [0.3, 0.4) is 0 Å². The molecule has 2 atom stereocenters. The van der Waals surface area contributed by atoms with E-state index in [2.05, 4.69) is 5.32 Å². The molecule has 0 aliphatic heterocycles. The van der Waals surface area contributed by atoms with Gasteiger partial charge in [0, 0.05) is 12.5 Å². The number of aliphatic hydroxyl groups is 1. The quantitative estimate of drug-likeness (QED) is 0.844. The van der Waals surface area contributed by atoms with Crippen molar-refractivity contribution in [1.82, 2.24) is 5.32 Å². The lowest BCUT2D eigenvalue weighted by molar-refractivity contribution is 0.0945. The van der Waals surface area contributed by atoms with Crippen molar-refractivity contribution in [3.8, 4) is 0 Å². The summed E-state index contributed by atoms with van der Waals surface area (Å²) >= 11 is 5.90. The molecule has 0 bridgehead atoms. The Hall–Kier alpha value is -1.91. The van der Waals surface area contributed by atoms with Gasteiger partial charge in [-0.2, -0.15) is 0 Å². The SMILES string of the molecule is CC(O)CC(CNC(=O)c1ccc(F)cc1Cl)c1ccccc1. The van der Waals surface area contributed by atoms with Gasteiger partial charge in [0.2, 0.25) is 0 Å². The highest BCUT2D eigenvalue weighted by Crippen LogP contribution is 2.21. The lowest BCUT2D eigenvalue weighted by Gasteiger charge is -2.20. The van der Waals surface area contributed by atoms with E-state index in [1.54, 1.807) is 6.92 Å². The third-order valence-electron chi connectivity index (χ3n) is 3.58. The first-order chi connectivity index (χ1) is 11.0. The molecule has 23 heavy (non-hydrogen) atoms. The van der Waals surface area contributed by atoms with Gasteiger partial charge in [-0.05, 0) is 37.1 Å². The van der Waals surface area contributed by atoms with E-state index in [0.717, 1.165) is 11.6 Å². The second-order valence-corrected chi connectivity index (χ2v) is 5.93. The summed E-state index contributed by atoms with van der Waals surface area (Å²) in [5, 5.41) is 12.5. The summed E-state index contributed by atoms with van der Waals surface area (Å²) in [6.07, 6.45) is 0.0491. The van der Waals surface area contributed by atoms with Crippen molar-refractivity contribution in [2.75, 3.05) is 6.54 Å². The van der Waals surface area contributed by atoms with Gasteiger partial charge in [0.25, 0.3) is 5.91 Å². The molecule has 3 nitrogen and oxygen atoms in total. The summed E-state index contributed by atoms with van der Waals surface area (Å²) in [4.78, 5) is 12.2. The molecule has 0 radical (unpaired) electrons. The number of benzene rings is 2. The molecule has 0 heterocycles. The molecule has 0 aromatic heterocycles.